The Kier molecular flexibility index (Phi) is 3.56. The van der Waals surface area contributed by atoms with Gasteiger partial charge in [0.1, 0.15) is 5.82 Å². The standard InChI is InChI=1S/C13H19FN2/c1-10-8-12(14)3-2-11(10)9-16-6-4-13(15)5-7-16/h2-3,8,13H,4-7,9,15H2,1H3. The Bertz CT molecular complexity index is 357. The summed E-state index contributed by atoms with van der Waals surface area (Å²) in [6, 6.07) is 5.40. The van der Waals surface area contributed by atoms with Crippen LogP contribution >= 0.6 is 0 Å². The molecule has 0 radical (unpaired) electrons. The first kappa shape index (κ1) is 11.6. The lowest BCUT2D eigenvalue weighted by Gasteiger charge is -2.30. The van der Waals surface area contributed by atoms with Crippen molar-refractivity contribution in [1.82, 2.24) is 4.90 Å². The lowest BCUT2D eigenvalue weighted by molar-refractivity contribution is 0.205. The maximum atomic E-state index is 12.9. The van der Waals surface area contributed by atoms with Gasteiger partial charge in [0.25, 0.3) is 0 Å². The molecule has 0 spiro atoms. The third kappa shape index (κ3) is 2.80. The lowest BCUT2D eigenvalue weighted by atomic mass is 10.0. The normalized spacial score (nSPS) is 18.9. The van der Waals surface area contributed by atoms with Crippen LogP contribution in [0.4, 0.5) is 4.39 Å². The number of halogens is 1. The van der Waals surface area contributed by atoms with Crippen LogP contribution in [0.15, 0.2) is 18.2 Å². The van der Waals surface area contributed by atoms with Crippen LogP contribution in [0, 0.1) is 12.7 Å². The van der Waals surface area contributed by atoms with Crippen molar-refractivity contribution >= 4 is 0 Å². The van der Waals surface area contributed by atoms with Crippen molar-refractivity contribution in [2.45, 2.75) is 32.4 Å². The predicted octanol–water partition coefficient (Wildman–Crippen LogP) is 2.06. The van der Waals surface area contributed by atoms with Gasteiger partial charge >= 0.3 is 0 Å². The van der Waals surface area contributed by atoms with Crippen LogP contribution in [0.3, 0.4) is 0 Å². The summed E-state index contributed by atoms with van der Waals surface area (Å²) in [6.45, 7) is 4.99. The number of aryl methyl sites for hydroxylation is 1. The first-order chi connectivity index (χ1) is 7.65. The molecule has 88 valence electrons. The Labute approximate surface area is 96.2 Å². The second-order valence-corrected chi connectivity index (χ2v) is 4.68. The highest BCUT2D eigenvalue weighted by Crippen LogP contribution is 2.16. The molecule has 1 saturated heterocycles. The molecule has 0 aromatic heterocycles. The number of hydrogen-bond donors (Lipinski definition) is 1. The zero-order chi connectivity index (χ0) is 11.5. The number of nitrogens with zero attached hydrogens (tertiary/aromatic N) is 1. The van der Waals surface area contributed by atoms with Gasteiger partial charge in [-0.25, -0.2) is 4.39 Å². The highest BCUT2D eigenvalue weighted by molar-refractivity contribution is 5.26. The van der Waals surface area contributed by atoms with Crippen molar-refractivity contribution in [3.8, 4) is 0 Å². The molecule has 1 aromatic carbocycles. The quantitative estimate of drug-likeness (QED) is 0.830. The van der Waals surface area contributed by atoms with E-state index in [1.807, 2.05) is 13.0 Å². The summed E-state index contributed by atoms with van der Waals surface area (Å²) in [5, 5.41) is 0. The Balaban J connectivity index is 1.98. The second kappa shape index (κ2) is 4.93. The monoisotopic (exact) mass is 222 g/mol. The van der Waals surface area contributed by atoms with E-state index >= 15 is 0 Å². The molecule has 1 aromatic rings. The van der Waals surface area contributed by atoms with Gasteiger partial charge in [0.05, 0.1) is 0 Å². The maximum absolute atomic E-state index is 12.9. The van der Waals surface area contributed by atoms with Gasteiger partial charge < -0.3 is 5.73 Å². The molecule has 2 N–H and O–H groups in total. The van der Waals surface area contributed by atoms with E-state index in [4.69, 9.17) is 5.73 Å². The van der Waals surface area contributed by atoms with Gasteiger partial charge in [0.15, 0.2) is 0 Å². The minimum atomic E-state index is -0.151. The van der Waals surface area contributed by atoms with Gasteiger partial charge in [0.2, 0.25) is 0 Å². The number of nitrogens with two attached hydrogens (primary N) is 1. The van der Waals surface area contributed by atoms with E-state index in [1.54, 1.807) is 6.07 Å². The van der Waals surface area contributed by atoms with E-state index in [1.165, 1.54) is 11.6 Å². The largest absolute Gasteiger partial charge is 0.328 e. The SMILES string of the molecule is Cc1cc(F)ccc1CN1CCC(N)CC1. The Hall–Kier alpha value is -0.930. The van der Waals surface area contributed by atoms with Crippen LogP contribution in [0.2, 0.25) is 0 Å². The van der Waals surface area contributed by atoms with E-state index in [0.29, 0.717) is 6.04 Å². The van der Waals surface area contributed by atoms with Crippen LogP contribution in [-0.4, -0.2) is 24.0 Å². The molecule has 1 aliphatic rings. The number of piperidine rings is 1. The lowest BCUT2D eigenvalue weighted by Crippen LogP contribution is -2.39. The molecule has 2 rings (SSSR count). The maximum Gasteiger partial charge on any atom is 0.123 e. The molecule has 2 nitrogen and oxygen atoms in total. The Morgan fingerprint density at radius 1 is 1.38 bits per heavy atom. The van der Waals surface area contributed by atoms with Crippen LogP contribution in [0.25, 0.3) is 0 Å². The summed E-state index contributed by atoms with van der Waals surface area (Å²) in [5.41, 5.74) is 8.12. The first-order valence-corrected chi connectivity index (χ1v) is 5.88. The van der Waals surface area contributed by atoms with Crippen LogP contribution in [0.5, 0.6) is 0 Å². The molecule has 1 heterocycles. The summed E-state index contributed by atoms with van der Waals surface area (Å²) >= 11 is 0. The van der Waals surface area contributed by atoms with E-state index in [0.717, 1.165) is 38.0 Å². The Morgan fingerprint density at radius 2 is 2.06 bits per heavy atom. The topological polar surface area (TPSA) is 29.3 Å². The van der Waals surface area contributed by atoms with Gasteiger partial charge in [0, 0.05) is 12.6 Å². The number of rotatable bonds is 2. The van der Waals surface area contributed by atoms with Gasteiger partial charge in [-0.3, -0.25) is 4.90 Å². The van der Waals surface area contributed by atoms with Gasteiger partial charge in [-0.1, -0.05) is 6.07 Å². The average Bonchev–Trinajstić information content (AvgIpc) is 2.25. The van der Waals surface area contributed by atoms with E-state index < -0.39 is 0 Å². The molecule has 0 saturated carbocycles. The summed E-state index contributed by atoms with van der Waals surface area (Å²) < 4.78 is 12.9. The van der Waals surface area contributed by atoms with E-state index in [9.17, 15) is 4.39 Å². The fourth-order valence-electron chi connectivity index (χ4n) is 2.19. The van der Waals surface area contributed by atoms with Crippen molar-refractivity contribution < 1.29 is 4.39 Å². The summed E-state index contributed by atoms with van der Waals surface area (Å²) in [4.78, 5) is 2.39. The van der Waals surface area contributed by atoms with Crippen molar-refractivity contribution in [2.75, 3.05) is 13.1 Å². The third-order valence-corrected chi connectivity index (χ3v) is 3.33. The molecule has 0 bridgehead atoms. The molecule has 1 fully saturated rings. The molecule has 0 aliphatic carbocycles. The zero-order valence-electron chi connectivity index (χ0n) is 9.75. The van der Waals surface area contributed by atoms with Gasteiger partial charge in [-0.05, 0) is 56.1 Å². The van der Waals surface area contributed by atoms with Crippen LogP contribution < -0.4 is 5.73 Å². The molecule has 0 unspecified atom stereocenters. The summed E-state index contributed by atoms with van der Waals surface area (Å²) in [7, 11) is 0. The predicted molar refractivity (Wildman–Crippen MR) is 63.6 cm³/mol. The summed E-state index contributed by atoms with van der Waals surface area (Å²) in [5.74, 6) is -0.151. The average molecular weight is 222 g/mol. The fraction of sp³-hybridized carbons (Fsp3) is 0.538. The van der Waals surface area contributed by atoms with Crippen LogP contribution in [-0.2, 0) is 6.54 Å². The highest BCUT2D eigenvalue weighted by atomic mass is 19.1. The zero-order valence-corrected chi connectivity index (χ0v) is 9.75. The van der Waals surface area contributed by atoms with Crippen molar-refractivity contribution in [3.05, 3.63) is 35.1 Å². The first-order valence-electron chi connectivity index (χ1n) is 5.88. The molecular weight excluding hydrogens is 203 g/mol. The number of likely N-dealkylation sites (tertiary alicyclic amines) is 1. The number of benzene rings is 1. The third-order valence-electron chi connectivity index (χ3n) is 3.33. The van der Waals surface area contributed by atoms with Crippen molar-refractivity contribution in [3.63, 3.8) is 0 Å². The fourth-order valence-corrected chi connectivity index (χ4v) is 2.19. The van der Waals surface area contributed by atoms with Crippen molar-refractivity contribution in [2.24, 2.45) is 5.73 Å². The van der Waals surface area contributed by atoms with Crippen LogP contribution in [0.1, 0.15) is 24.0 Å². The molecule has 0 amide bonds. The highest BCUT2D eigenvalue weighted by Gasteiger charge is 2.16. The van der Waals surface area contributed by atoms with Crippen molar-refractivity contribution in [1.29, 1.82) is 0 Å². The van der Waals surface area contributed by atoms with Gasteiger partial charge in [-0.2, -0.15) is 0 Å². The minimum Gasteiger partial charge on any atom is -0.328 e. The minimum absolute atomic E-state index is 0.151. The Morgan fingerprint density at radius 3 is 2.69 bits per heavy atom. The summed E-state index contributed by atoms with van der Waals surface area (Å²) in [6.07, 6.45) is 2.14. The second-order valence-electron chi connectivity index (χ2n) is 4.68. The molecule has 0 atom stereocenters. The molecule has 16 heavy (non-hydrogen) atoms. The molecule has 3 heteroatoms. The number of hydrogen-bond acceptors (Lipinski definition) is 2. The van der Waals surface area contributed by atoms with E-state index in [2.05, 4.69) is 4.90 Å². The van der Waals surface area contributed by atoms with E-state index in [-0.39, 0.29) is 5.82 Å². The molecule has 1 aliphatic heterocycles. The molecular formula is C13H19FN2. The smallest absolute Gasteiger partial charge is 0.123 e. The van der Waals surface area contributed by atoms with Gasteiger partial charge in [-0.15, -0.1) is 0 Å².